The van der Waals surface area contributed by atoms with E-state index in [1.54, 1.807) is 20.8 Å². The Kier molecular flexibility index (Phi) is 29.6. The highest BCUT2D eigenvalue weighted by Crippen LogP contribution is 2.45. The minimum Gasteiger partial charge on any atom is -0.347 e. The number of likely N-dealkylation sites (N-methyl/N-ethyl adjacent to an activating group) is 6. The number of amides is 12. The number of halogens is 9. The fourth-order valence-electron chi connectivity index (χ4n) is 17.0. The molecule has 24 nitrogen and oxygen atoms in total. The molecule has 3 N–H and O–H groups in total. The van der Waals surface area contributed by atoms with Crippen LogP contribution in [0.5, 0.6) is 0 Å². The molecule has 0 aromatic heterocycles. The Morgan fingerprint density at radius 1 is 0.642 bits per heavy atom. The van der Waals surface area contributed by atoms with Crippen LogP contribution in [0, 0.1) is 41.4 Å². The van der Waals surface area contributed by atoms with Crippen LogP contribution in [-0.2, 0) is 57.5 Å². The maximum absolute atomic E-state index is 16.2. The highest BCUT2D eigenvalue weighted by Gasteiger charge is 2.56. The third kappa shape index (κ3) is 20.8. The second kappa shape index (κ2) is 36.3. The number of rotatable bonds is 13. The Bertz CT molecular complexity index is 3170. The van der Waals surface area contributed by atoms with E-state index in [1.807, 2.05) is 13.8 Å². The van der Waals surface area contributed by atoms with Crippen LogP contribution in [0.1, 0.15) is 189 Å². The summed E-state index contributed by atoms with van der Waals surface area (Å²) in [4.78, 5) is 190. The molecule has 0 aromatic rings. The molecule has 7 fully saturated rings. The number of hydrogen-bond donors (Lipinski definition) is 3. The van der Waals surface area contributed by atoms with Gasteiger partial charge in [0.25, 0.3) is 5.92 Å². The predicted octanol–water partition coefficient (Wildman–Crippen LogP) is 7.13. The number of hydrogen-bond acceptors (Lipinski definition) is 12. The number of alkyl halides is 9. The van der Waals surface area contributed by atoms with Crippen molar-refractivity contribution in [2.24, 2.45) is 41.4 Å². The lowest BCUT2D eigenvalue weighted by Crippen LogP contribution is -2.65. The standard InChI is InChI=1S/C73H113ClF8N12O12/c1-13-32-92-54(36-45-21-25-47(26-22-45)72(77,78)79)66(103)87(8)39-56(95)83-50(28-24-44-23-27-48(49(74)35-44)73(80,81)82)63(100)94-41-71(75,76)38-55(94)62(99)85-70(30-17-18-31-70)69(106)91(12)60(46-19-15-16-20-46)68(105)90(11)53(64(101)86(6)7)37-57(96)89(10)52(34-42(3)4)61(98)84-59(43(5)14-2)67(104)93-33-29-51(93)65(102)88(9)40-58(92)97/h42-55,59-60H,13-41H2,1-12H3,(H,83,95)(H,84,98)(H,85,99)/t43-,44?,45?,47?,48?,49?,50-,51-,52-,53-,54-,55-,59-,60-/m0/s1. The largest absolute Gasteiger partial charge is 0.393 e. The van der Waals surface area contributed by atoms with Gasteiger partial charge in [0, 0.05) is 74.2 Å². The first kappa shape index (κ1) is 86.6. The third-order valence-electron chi connectivity index (χ3n) is 23.7. The van der Waals surface area contributed by atoms with E-state index in [2.05, 4.69) is 16.0 Å². The normalized spacial score (nSPS) is 31.1. The van der Waals surface area contributed by atoms with Gasteiger partial charge in [-0.25, -0.2) is 8.78 Å². The molecule has 33 heteroatoms. The van der Waals surface area contributed by atoms with E-state index in [4.69, 9.17) is 11.6 Å². The van der Waals surface area contributed by atoms with Gasteiger partial charge in [-0.1, -0.05) is 66.7 Å². The lowest BCUT2D eigenvalue weighted by atomic mass is 9.78. The van der Waals surface area contributed by atoms with Gasteiger partial charge in [-0.05, 0) is 139 Å². The van der Waals surface area contributed by atoms with Gasteiger partial charge in [0.1, 0.15) is 53.9 Å². The third-order valence-corrected chi connectivity index (χ3v) is 24.2. The van der Waals surface area contributed by atoms with Crippen LogP contribution in [0.15, 0.2) is 0 Å². The van der Waals surface area contributed by atoms with Gasteiger partial charge in [0.2, 0.25) is 70.9 Å². The molecule has 3 saturated heterocycles. The molecule has 106 heavy (non-hydrogen) atoms. The fourth-order valence-corrected chi connectivity index (χ4v) is 17.6. The van der Waals surface area contributed by atoms with Crippen molar-refractivity contribution in [3.05, 3.63) is 0 Å². The van der Waals surface area contributed by atoms with Crippen LogP contribution in [-0.4, -0.2) is 275 Å². The van der Waals surface area contributed by atoms with Crippen LogP contribution in [0.25, 0.3) is 0 Å². The van der Waals surface area contributed by atoms with Crippen molar-refractivity contribution in [1.82, 2.24) is 60.0 Å². The minimum absolute atomic E-state index is 0.00406. The summed E-state index contributed by atoms with van der Waals surface area (Å²) >= 11 is 6.34. The predicted molar refractivity (Wildman–Crippen MR) is 375 cm³/mol. The lowest BCUT2D eigenvalue weighted by molar-refractivity contribution is -0.184. The van der Waals surface area contributed by atoms with Gasteiger partial charge in [-0.2, -0.15) is 26.3 Å². The summed E-state index contributed by atoms with van der Waals surface area (Å²) in [6.45, 7) is 5.78. The molecule has 7 rings (SSSR count). The van der Waals surface area contributed by atoms with Crippen molar-refractivity contribution >= 4 is 82.5 Å². The van der Waals surface area contributed by atoms with Gasteiger partial charge < -0.3 is 60.0 Å². The zero-order valence-corrected chi connectivity index (χ0v) is 64.3. The van der Waals surface area contributed by atoms with Gasteiger partial charge in [-0.15, -0.1) is 11.6 Å². The average molecular weight is 1540 g/mol. The number of carbonyl (C=O) groups excluding carboxylic acids is 12. The summed E-state index contributed by atoms with van der Waals surface area (Å²) in [6.07, 6.45) is -9.48. The number of carbonyl (C=O) groups is 12. The summed E-state index contributed by atoms with van der Waals surface area (Å²) in [5, 5.41) is 6.79. The zero-order chi connectivity index (χ0) is 79.0. The second-order valence-electron chi connectivity index (χ2n) is 32.0. The van der Waals surface area contributed by atoms with Crippen molar-refractivity contribution in [2.75, 3.05) is 82.1 Å². The molecule has 3 heterocycles. The lowest BCUT2D eigenvalue weighted by Gasteiger charge is -2.44. The van der Waals surface area contributed by atoms with Gasteiger partial charge in [-0.3, -0.25) is 57.5 Å². The van der Waals surface area contributed by atoms with Crippen LogP contribution < -0.4 is 16.0 Å². The number of nitrogens with one attached hydrogen (secondary N) is 3. The van der Waals surface area contributed by atoms with Crippen molar-refractivity contribution in [1.29, 1.82) is 0 Å². The van der Waals surface area contributed by atoms with Crippen LogP contribution >= 0.6 is 11.6 Å². The molecule has 4 aliphatic carbocycles. The topological polar surface area (TPSA) is 270 Å². The average Bonchev–Trinajstić information content (AvgIpc) is 1.52. The summed E-state index contributed by atoms with van der Waals surface area (Å²) in [6, 6.07) is -11.9. The smallest absolute Gasteiger partial charge is 0.347 e. The Morgan fingerprint density at radius 3 is 1.80 bits per heavy atom. The van der Waals surface area contributed by atoms with Crippen LogP contribution in [0.4, 0.5) is 35.1 Å². The van der Waals surface area contributed by atoms with E-state index in [1.165, 1.54) is 68.9 Å². The fraction of sp³-hybridized carbons (Fsp3) is 0.836. The Morgan fingerprint density at radius 2 is 1.25 bits per heavy atom. The molecule has 3 aliphatic heterocycles. The molecule has 12 amide bonds. The van der Waals surface area contributed by atoms with E-state index in [0.29, 0.717) is 49.8 Å². The van der Waals surface area contributed by atoms with Crippen LogP contribution in [0.3, 0.4) is 0 Å². The van der Waals surface area contributed by atoms with E-state index in [0.717, 1.165) is 19.6 Å². The first-order valence-corrected chi connectivity index (χ1v) is 38.4. The molecule has 3 unspecified atom stereocenters. The molecule has 1 spiro atoms. The maximum atomic E-state index is 16.2. The number of nitrogens with zero attached hydrogens (tertiary/aromatic N) is 9. The number of fused-ring (bicyclic) bond motifs is 2. The molecule has 600 valence electrons. The Labute approximate surface area is 622 Å². The second-order valence-corrected chi connectivity index (χ2v) is 32.6. The highest BCUT2D eigenvalue weighted by atomic mass is 35.5. The minimum atomic E-state index is -4.63. The van der Waals surface area contributed by atoms with Gasteiger partial charge >= 0.3 is 12.4 Å². The Hall–Kier alpha value is -6.63. The summed E-state index contributed by atoms with van der Waals surface area (Å²) < 4.78 is 117. The molecule has 0 aromatic carbocycles. The molecule has 12 atom stereocenters. The molecule has 0 radical (unpaired) electrons. The van der Waals surface area contributed by atoms with Crippen LogP contribution in [0.2, 0.25) is 0 Å². The van der Waals surface area contributed by atoms with E-state index >= 15 is 32.8 Å². The van der Waals surface area contributed by atoms with Crippen molar-refractivity contribution in [3.8, 4) is 0 Å². The first-order valence-electron chi connectivity index (χ1n) is 38.0. The van der Waals surface area contributed by atoms with Crippen molar-refractivity contribution in [3.63, 3.8) is 0 Å². The molecule has 4 saturated carbocycles. The Balaban J connectivity index is 1.31. The summed E-state index contributed by atoms with van der Waals surface area (Å²) in [5.41, 5.74) is -1.87. The monoisotopic (exact) mass is 1540 g/mol. The SMILES string of the molecule is CCCN1C(=O)CN(C)C(=O)[C@@H]2CCN2C(=O)[C@H]([C@@H](C)CC)NC(=O)[C@H](CC(C)C)N(C)C(=O)C[C@@H](C(=O)N(C)C)N(C)C(=O)[C@H](C2CCCC2)N(C)C(=O)C2(CCCC2)NC(=O)[C@@H]2CC(F)(F)CN2C(=O)[C@H](CCC2CCC(C(F)(F)F)C(Cl)C2)NC(=O)CN(C)C(=O)[C@@H]1CC1CCC(C(F)(F)F)CC1. The van der Waals surface area contributed by atoms with E-state index < -0.39 is 223 Å². The molecular formula is C73H113ClF8N12O12. The quantitative estimate of drug-likeness (QED) is 0.123. The van der Waals surface area contributed by atoms with E-state index in [9.17, 15) is 59.9 Å². The van der Waals surface area contributed by atoms with Gasteiger partial charge in [0.05, 0.1) is 37.9 Å². The molecule has 0 bridgehead atoms. The first-order chi connectivity index (χ1) is 49.5. The maximum Gasteiger partial charge on any atom is 0.393 e. The highest BCUT2D eigenvalue weighted by molar-refractivity contribution is 6.21. The van der Waals surface area contributed by atoms with Gasteiger partial charge in [0.15, 0.2) is 0 Å². The summed E-state index contributed by atoms with van der Waals surface area (Å²) in [5.74, 6) is -20.0. The van der Waals surface area contributed by atoms with E-state index in [-0.39, 0.29) is 109 Å². The summed E-state index contributed by atoms with van der Waals surface area (Å²) in [7, 11) is 9.38. The molecule has 7 aliphatic rings. The van der Waals surface area contributed by atoms with Crippen molar-refractivity contribution in [2.45, 2.75) is 266 Å². The zero-order valence-electron chi connectivity index (χ0n) is 63.6. The van der Waals surface area contributed by atoms with Crippen molar-refractivity contribution < 1.29 is 92.7 Å². The molecular weight excluding hydrogens is 1420 g/mol.